The van der Waals surface area contributed by atoms with Gasteiger partial charge in [-0.2, -0.15) is 0 Å². The molecule has 1 nitrogen and oxygen atoms in total. The molecule has 0 atom stereocenters. The number of hydrogen-bond acceptors (Lipinski definition) is 1. The topological polar surface area (TPSA) is 20.2 Å². The van der Waals surface area contributed by atoms with Gasteiger partial charge < -0.3 is 5.11 Å². The third-order valence-electron chi connectivity index (χ3n) is 0.512. The van der Waals surface area contributed by atoms with Crippen molar-refractivity contribution >= 4 is 27.3 Å². The Balaban J connectivity index is 0. The molecule has 2 heteroatoms. The third-order valence-corrected chi connectivity index (χ3v) is 0.512. The summed E-state index contributed by atoms with van der Waals surface area (Å²) in [5.74, 6) is 0. The second-order valence-electron chi connectivity index (χ2n) is 1.08. The monoisotopic (exact) mass is 286 g/mol. The minimum atomic E-state index is 0. The summed E-state index contributed by atoms with van der Waals surface area (Å²) in [6.45, 7) is 2.40. The van der Waals surface area contributed by atoms with E-state index in [9.17, 15) is 0 Å². The molecule has 0 aliphatic rings. The summed E-state index contributed by atoms with van der Waals surface area (Å²) in [6.07, 6.45) is 2.04. The summed E-state index contributed by atoms with van der Waals surface area (Å²) in [7, 11) is 0. The molecule has 0 aliphatic carbocycles. The van der Waals surface area contributed by atoms with Crippen molar-refractivity contribution in [3.63, 3.8) is 0 Å². The number of aliphatic hydroxyl groups is 1. The molecule has 0 aromatic rings. The van der Waals surface area contributed by atoms with Gasteiger partial charge in [0.25, 0.3) is 0 Å². The standard InChI is InChI=1S/C4H10O.Pb.4H/c1-2-3-4-5;;;;;/h5H,2-4H2,1H3;;;;;. The van der Waals surface area contributed by atoms with Crippen molar-refractivity contribution in [2.24, 2.45) is 0 Å². The summed E-state index contributed by atoms with van der Waals surface area (Å²) in [4.78, 5) is 0. The van der Waals surface area contributed by atoms with Gasteiger partial charge in [-0.15, -0.1) is 0 Å². The average molecular weight is 285 g/mol. The number of aliphatic hydroxyl groups excluding tert-OH is 1. The van der Waals surface area contributed by atoms with Crippen molar-refractivity contribution in [3.05, 3.63) is 0 Å². The quantitative estimate of drug-likeness (QED) is 0.667. The predicted octanol–water partition coefficient (Wildman–Crippen LogP) is -0.673. The van der Waals surface area contributed by atoms with E-state index in [1.54, 1.807) is 0 Å². The molecular weight excluding hydrogens is 271 g/mol. The summed E-state index contributed by atoms with van der Waals surface area (Å²) in [5, 5.41) is 8.07. The Morgan fingerprint density at radius 3 is 2.00 bits per heavy atom. The van der Waals surface area contributed by atoms with Crippen LogP contribution in [-0.2, 0) is 0 Å². The zero-order chi connectivity index (χ0) is 4.12. The van der Waals surface area contributed by atoms with E-state index >= 15 is 0 Å². The first kappa shape index (κ1) is 9.99. The van der Waals surface area contributed by atoms with Crippen LogP contribution in [0.4, 0.5) is 0 Å². The zero-order valence-electron chi connectivity index (χ0n) is 3.57. The van der Waals surface area contributed by atoms with Gasteiger partial charge in [-0.05, 0) is 6.42 Å². The Hall–Kier alpha value is 0.882. The second kappa shape index (κ2) is 9.30. The summed E-state index contributed by atoms with van der Waals surface area (Å²) >= 11 is 0. The van der Waals surface area contributed by atoms with Crippen LogP contribution >= 0.6 is 0 Å². The molecule has 0 aliphatic heterocycles. The molecule has 40 valence electrons. The van der Waals surface area contributed by atoms with Gasteiger partial charge in [-0.3, -0.25) is 0 Å². The van der Waals surface area contributed by atoms with Crippen LogP contribution < -0.4 is 0 Å². The van der Waals surface area contributed by atoms with E-state index in [1.165, 1.54) is 0 Å². The first-order chi connectivity index (χ1) is 2.41. The summed E-state index contributed by atoms with van der Waals surface area (Å²) < 4.78 is 0. The Morgan fingerprint density at radius 1 is 1.50 bits per heavy atom. The fourth-order valence-corrected chi connectivity index (χ4v) is 0.158. The molecule has 0 bridgehead atoms. The molecule has 0 aromatic heterocycles. The van der Waals surface area contributed by atoms with Crippen LogP contribution in [0.3, 0.4) is 0 Å². The summed E-state index contributed by atoms with van der Waals surface area (Å²) in [5.41, 5.74) is 0. The number of hydrogen-bond donors (Lipinski definition) is 1. The van der Waals surface area contributed by atoms with Crippen molar-refractivity contribution in [2.45, 2.75) is 19.8 Å². The Labute approximate surface area is 58.9 Å². The Bertz CT molecular complexity index is 15.0. The molecule has 0 rings (SSSR count). The molecule has 0 radical (unpaired) electrons. The van der Waals surface area contributed by atoms with Crippen LogP contribution in [0, 0.1) is 0 Å². The van der Waals surface area contributed by atoms with Gasteiger partial charge in [0.15, 0.2) is 0 Å². The SMILES string of the molecule is CCCCO.[PbH4]. The third kappa shape index (κ3) is 8.86. The van der Waals surface area contributed by atoms with Crippen LogP contribution in [0.25, 0.3) is 0 Å². The first-order valence-corrected chi connectivity index (χ1v) is 2.02. The van der Waals surface area contributed by atoms with Crippen LogP contribution in [0.5, 0.6) is 0 Å². The zero-order valence-corrected chi connectivity index (χ0v) is 3.57. The van der Waals surface area contributed by atoms with E-state index in [1.807, 2.05) is 0 Å². The fraction of sp³-hybridized carbons (Fsp3) is 1.00. The predicted molar refractivity (Wildman–Crippen MR) is 33.3 cm³/mol. The Morgan fingerprint density at radius 2 is 2.00 bits per heavy atom. The van der Waals surface area contributed by atoms with Gasteiger partial charge in [0, 0.05) is 6.61 Å². The molecule has 0 unspecified atom stereocenters. The molecule has 0 fully saturated rings. The number of unbranched alkanes of at least 4 members (excludes halogenated alkanes) is 1. The molecule has 6 heavy (non-hydrogen) atoms. The molecule has 0 amide bonds. The van der Waals surface area contributed by atoms with Gasteiger partial charge in [0.05, 0.1) is 0 Å². The maximum atomic E-state index is 8.07. The molecule has 1 N–H and O–H groups in total. The second-order valence-corrected chi connectivity index (χ2v) is 1.08. The summed E-state index contributed by atoms with van der Waals surface area (Å²) in [6, 6.07) is 0. The minimum absolute atomic E-state index is 0. The van der Waals surface area contributed by atoms with Crippen molar-refractivity contribution < 1.29 is 5.11 Å². The van der Waals surface area contributed by atoms with Crippen LogP contribution in [0.1, 0.15) is 19.8 Å². The maximum absolute atomic E-state index is 8.07. The van der Waals surface area contributed by atoms with Crippen molar-refractivity contribution in [1.29, 1.82) is 0 Å². The van der Waals surface area contributed by atoms with E-state index in [2.05, 4.69) is 6.92 Å². The van der Waals surface area contributed by atoms with E-state index < -0.39 is 0 Å². The molecule has 0 saturated carbocycles. The van der Waals surface area contributed by atoms with Crippen molar-refractivity contribution in [3.8, 4) is 0 Å². The van der Waals surface area contributed by atoms with Gasteiger partial charge in [-0.25, -0.2) is 0 Å². The molecular formula is C4H14OPb. The molecule has 0 saturated heterocycles. The molecule has 0 aromatic carbocycles. The van der Waals surface area contributed by atoms with Gasteiger partial charge in [0.1, 0.15) is 0 Å². The normalized spacial score (nSPS) is 7.00. The van der Waals surface area contributed by atoms with E-state index in [0.29, 0.717) is 6.61 Å². The first-order valence-electron chi connectivity index (χ1n) is 2.02. The van der Waals surface area contributed by atoms with Crippen LogP contribution in [0.15, 0.2) is 0 Å². The van der Waals surface area contributed by atoms with E-state index in [-0.39, 0.29) is 27.3 Å². The van der Waals surface area contributed by atoms with Crippen molar-refractivity contribution in [1.82, 2.24) is 0 Å². The molecule has 0 spiro atoms. The molecule has 0 heterocycles. The van der Waals surface area contributed by atoms with Gasteiger partial charge in [0.2, 0.25) is 0 Å². The van der Waals surface area contributed by atoms with E-state index in [0.717, 1.165) is 12.8 Å². The van der Waals surface area contributed by atoms with Crippen LogP contribution in [-0.4, -0.2) is 39.0 Å². The van der Waals surface area contributed by atoms with Gasteiger partial charge >= 0.3 is 27.3 Å². The van der Waals surface area contributed by atoms with Gasteiger partial charge in [-0.1, -0.05) is 13.3 Å². The fourth-order valence-electron chi connectivity index (χ4n) is 0.158. The number of rotatable bonds is 2. The van der Waals surface area contributed by atoms with E-state index in [4.69, 9.17) is 5.11 Å². The Kier molecular flexibility index (Phi) is 15.5. The van der Waals surface area contributed by atoms with Crippen molar-refractivity contribution in [2.75, 3.05) is 6.61 Å². The average Bonchev–Trinajstić information content (AvgIpc) is 1.41. The van der Waals surface area contributed by atoms with Crippen LogP contribution in [0.2, 0.25) is 0 Å².